The summed E-state index contributed by atoms with van der Waals surface area (Å²) in [5, 5.41) is 3.10. The molecular formula is C19H29N3O3. The standard InChI is InChI=1S/C19H29N3O3/c1-13(2)18(14-7-9-15(25-3)10-8-14)21-17(23)12-22-11-5-4-6-16(22)19(20)24/h7-10,13,16,18H,4-6,11-12H2,1-3H3,(H2,20,24)(H,21,23)/t16-,18-/m1/s1. The minimum Gasteiger partial charge on any atom is -0.497 e. The normalized spacial score (nSPS) is 19.4. The van der Waals surface area contributed by atoms with Crippen molar-refractivity contribution in [3.63, 3.8) is 0 Å². The Labute approximate surface area is 149 Å². The number of hydrogen-bond acceptors (Lipinski definition) is 4. The number of nitrogens with zero attached hydrogens (tertiary/aromatic N) is 1. The second kappa shape index (κ2) is 8.85. The van der Waals surface area contributed by atoms with Gasteiger partial charge in [-0.05, 0) is 43.0 Å². The van der Waals surface area contributed by atoms with Gasteiger partial charge in [-0.15, -0.1) is 0 Å². The Morgan fingerprint density at radius 2 is 1.96 bits per heavy atom. The van der Waals surface area contributed by atoms with E-state index >= 15 is 0 Å². The molecule has 1 aromatic carbocycles. The third-order valence-corrected chi connectivity index (χ3v) is 4.75. The number of hydrogen-bond donors (Lipinski definition) is 2. The number of rotatable bonds is 7. The first-order valence-electron chi connectivity index (χ1n) is 8.89. The molecule has 2 amide bonds. The van der Waals surface area contributed by atoms with Crippen molar-refractivity contribution in [3.8, 4) is 5.75 Å². The number of piperidine rings is 1. The molecule has 6 heteroatoms. The first-order valence-corrected chi connectivity index (χ1v) is 8.89. The van der Waals surface area contributed by atoms with Crippen LogP contribution in [0.1, 0.15) is 44.7 Å². The topological polar surface area (TPSA) is 84.7 Å². The van der Waals surface area contributed by atoms with E-state index in [-0.39, 0.29) is 36.4 Å². The Morgan fingerprint density at radius 1 is 1.28 bits per heavy atom. The summed E-state index contributed by atoms with van der Waals surface area (Å²) in [5.41, 5.74) is 6.51. The van der Waals surface area contributed by atoms with Crippen molar-refractivity contribution in [3.05, 3.63) is 29.8 Å². The van der Waals surface area contributed by atoms with Crippen LogP contribution in [0.15, 0.2) is 24.3 Å². The largest absolute Gasteiger partial charge is 0.497 e. The molecule has 1 aliphatic heterocycles. The molecule has 138 valence electrons. The molecule has 0 bridgehead atoms. The van der Waals surface area contributed by atoms with Crippen molar-refractivity contribution in [1.82, 2.24) is 10.2 Å². The average molecular weight is 347 g/mol. The lowest BCUT2D eigenvalue weighted by Crippen LogP contribution is -2.51. The highest BCUT2D eigenvalue weighted by molar-refractivity contribution is 5.82. The van der Waals surface area contributed by atoms with Crippen LogP contribution in [0, 0.1) is 5.92 Å². The number of methoxy groups -OCH3 is 1. The maximum Gasteiger partial charge on any atom is 0.234 e. The molecule has 3 N–H and O–H groups in total. The second-order valence-corrected chi connectivity index (χ2v) is 6.95. The van der Waals surface area contributed by atoms with Crippen LogP contribution in [0.3, 0.4) is 0 Å². The van der Waals surface area contributed by atoms with Crippen LogP contribution in [-0.4, -0.2) is 43.0 Å². The highest BCUT2D eigenvalue weighted by Crippen LogP contribution is 2.24. The Bertz CT molecular complexity index is 586. The minimum absolute atomic E-state index is 0.0809. The molecule has 1 aliphatic rings. The van der Waals surface area contributed by atoms with E-state index in [0.29, 0.717) is 0 Å². The maximum absolute atomic E-state index is 12.6. The van der Waals surface area contributed by atoms with Gasteiger partial charge in [0, 0.05) is 0 Å². The lowest BCUT2D eigenvalue weighted by molar-refractivity contribution is -0.128. The molecule has 0 saturated carbocycles. The van der Waals surface area contributed by atoms with Crippen LogP contribution in [0.2, 0.25) is 0 Å². The van der Waals surface area contributed by atoms with Crippen molar-refractivity contribution in [2.24, 2.45) is 11.7 Å². The lowest BCUT2D eigenvalue weighted by atomic mass is 9.95. The molecule has 0 spiro atoms. The first-order chi connectivity index (χ1) is 11.9. The first kappa shape index (κ1) is 19.2. The fourth-order valence-corrected chi connectivity index (χ4v) is 3.35. The zero-order valence-corrected chi connectivity index (χ0v) is 15.3. The fourth-order valence-electron chi connectivity index (χ4n) is 3.35. The number of likely N-dealkylation sites (tertiary alicyclic amines) is 1. The summed E-state index contributed by atoms with van der Waals surface area (Å²) in [4.78, 5) is 26.1. The summed E-state index contributed by atoms with van der Waals surface area (Å²) in [6, 6.07) is 7.30. The highest BCUT2D eigenvalue weighted by atomic mass is 16.5. The minimum atomic E-state index is -0.344. The number of nitrogens with one attached hydrogen (secondary N) is 1. The van der Waals surface area contributed by atoms with E-state index in [1.807, 2.05) is 29.2 Å². The predicted molar refractivity (Wildman–Crippen MR) is 97.1 cm³/mol. The smallest absolute Gasteiger partial charge is 0.234 e. The average Bonchev–Trinajstić information content (AvgIpc) is 2.60. The summed E-state index contributed by atoms with van der Waals surface area (Å²) in [6.45, 7) is 5.08. The Morgan fingerprint density at radius 3 is 2.52 bits per heavy atom. The van der Waals surface area contributed by atoms with E-state index in [0.717, 1.165) is 37.1 Å². The molecule has 6 nitrogen and oxygen atoms in total. The number of ether oxygens (including phenoxy) is 1. The monoisotopic (exact) mass is 347 g/mol. The van der Waals surface area contributed by atoms with Crippen molar-refractivity contribution in [1.29, 1.82) is 0 Å². The molecule has 0 radical (unpaired) electrons. The SMILES string of the molecule is COc1ccc([C@H](NC(=O)CN2CCCC[C@@H]2C(N)=O)C(C)C)cc1. The zero-order chi connectivity index (χ0) is 18.4. The van der Waals surface area contributed by atoms with E-state index in [9.17, 15) is 9.59 Å². The van der Waals surface area contributed by atoms with Crippen LogP contribution in [0.5, 0.6) is 5.75 Å². The van der Waals surface area contributed by atoms with Gasteiger partial charge in [0.2, 0.25) is 11.8 Å². The molecule has 0 aliphatic carbocycles. The van der Waals surface area contributed by atoms with Crippen LogP contribution >= 0.6 is 0 Å². The number of benzene rings is 1. The molecular weight excluding hydrogens is 318 g/mol. The molecule has 1 fully saturated rings. The van der Waals surface area contributed by atoms with Crippen LogP contribution < -0.4 is 15.8 Å². The number of primary amides is 1. The molecule has 1 heterocycles. The van der Waals surface area contributed by atoms with Crippen molar-refractivity contribution in [2.75, 3.05) is 20.2 Å². The maximum atomic E-state index is 12.6. The van der Waals surface area contributed by atoms with Gasteiger partial charge in [-0.2, -0.15) is 0 Å². The fraction of sp³-hybridized carbons (Fsp3) is 0.579. The lowest BCUT2D eigenvalue weighted by Gasteiger charge is -2.33. The Balaban J connectivity index is 2.03. The van der Waals surface area contributed by atoms with E-state index < -0.39 is 0 Å². The number of amides is 2. The summed E-state index contributed by atoms with van der Waals surface area (Å²) in [5.74, 6) is 0.603. The van der Waals surface area contributed by atoms with Gasteiger partial charge in [-0.3, -0.25) is 14.5 Å². The molecule has 0 unspecified atom stereocenters. The quantitative estimate of drug-likeness (QED) is 0.788. The van der Waals surface area contributed by atoms with E-state index in [2.05, 4.69) is 19.2 Å². The number of nitrogens with two attached hydrogens (primary N) is 1. The molecule has 2 atom stereocenters. The summed E-state index contributed by atoms with van der Waals surface area (Å²) >= 11 is 0. The van der Waals surface area contributed by atoms with Crippen LogP contribution in [-0.2, 0) is 9.59 Å². The second-order valence-electron chi connectivity index (χ2n) is 6.95. The van der Waals surface area contributed by atoms with Gasteiger partial charge in [0.1, 0.15) is 5.75 Å². The van der Waals surface area contributed by atoms with Gasteiger partial charge in [0.15, 0.2) is 0 Å². The van der Waals surface area contributed by atoms with Gasteiger partial charge in [0.05, 0.1) is 25.7 Å². The van der Waals surface area contributed by atoms with E-state index in [1.165, 1.54) is 0 Å². The number of carbonyl (C=O) groups is 2. The van der Waals surface area contributed by atoms with E-state index in [1.54, 1.807) is 7.11 Å². The van der Waals surface area contributed by atoms with Gasteiger partial charge in [-0.25, -0.2) is 0 Å². The molecule has 25 heavy (non-hydrogen) atoms. The van der Waals surface area contributed by atoms with Crippen molar-refractivity contribution >= 4 is 11.8 Å². The third-order valence-electron chi connectivity index (χ3n) is 4.75. The molecule has 1 aromatic rings. The van der Waals surface area contributed by atoms with Gasteiger partial charge < -0.3 is 15.8 Å². The highest BCUT2D eigenvalue weighted by Gasteiger charge is 2.29. The summed E-state index contributed by atoms with van der Waals surface area (Å²) in [6.07, 6.45) is 2.70. The van der Waals surface area contributed by atoms with Crippen LogP contribution in [0.25, 0.3) is 0 Å². The van der Waals surface area contributed by atoms with Gasteiger partial charge in [-0.1, -0.05) is 32.4 Å². The van der Waals surface area contributed by atoms with Gasteiger partial charge in [0.25, 0.3) is 0 Å². The Hall–Kier alpha value is -2.08. The summed E-state index contributed by atoms with van der Waals surface area (Å²) < 4.78 is 5.19. The van der Waals surface area contributed by atoms with Crippen molar-refractivity contribution in [2.45, 2.75) is 45.2 Å². The van der Waals surface area contributed by atoms with E-state index in [4.69, 9.17) is 10.5 Å². The molecule has 1 saturated heterocycles. The van der Waals surface area contributed by atoms with Crippen LogP contribution in [0.4, 0.5) is 0 Å². The number of carbonyl (C=O) groups excluding carboxylic acids is 2. The molecule has 2 rings (SSSR count). The Kier molecular flexibility index (Phi) is 6.82. The summed E-state index contributed by atoms with van der Waals surface area (Å²) in [7, 11) is 1.63. The van der Waals surface area contributed by atoms with Crippen molar-refractivity contribution < 1.29 is 14.3 Å². The third kappa shape index (κ3) is 5.19. The molecule has 0 aromatic heterocycles. The van der Waals surface area contributed by atoms with Gasteiger partial charge >= 0.3 is 0 Å². The predicted octanol–water partition coefficient (Wildman–Crippen LogP) is 1.85. The zero-order valence-electron chi connectivity index (χ0n) is 15.3.